The van der Waals surface area contributed by atoms with Gasteiger partial charge in [0.1, 0.15) is 17.4 Å². The molecule has 0 fully saturated rings. The van der Waals surface area contributed by atoms with Gasteiger partial charge in [-0.3, -0.25) is 0 Å². The quantitative estimate of drug-likeness (QED) is 0.911. The van der Waals surface area contributed by atoms with Gasteiger partial charge in [-0.25, -0.2) is 13.8 Å². The Hall–Kier alpha value is -2.24. The topological polar surface area (TPSA) is 47.0 Å². The Morgan fingerprint density at radius 3 is 2.44 bits per heavy atom. The predicted molar refractivity (Wildman–Crippen MR) is 62.7 cm³/mol. The monoisotopic (exact) mass is 251 g/mol. The summed E-state index contributed by atoms with van der Waals surface area (Å²) in [6, 6.07) is 2.95. The van der Waals surface area contributed by atoms with Gasteiger partial charge in [-0.2, -0.15) is 4.98 Å². The molecule has 1 aromatic carbocycles. The van der Waals surface area contributed by atoms with Gasteiger partial charge in [0.15, 0.2) is 0 Å². The Balaban J connectivity index is 2.33. The molecule has 0 saturated heterocycles. The summed E-state index contributed by atoms with van der Waals surface area (Å²) in [7, 11) is 1.66. The maximum absolute atomic E-state index is 13.0. The first kappa shape index (κ1) is 12.2. The lowest BCUT2D eigenvalue weighted by Gasteiger charge is -2.08. The second-order valence-corrected chi connectivity index (χ2v) is 3.64. The smallest absolute Gasteiger partial charge is 0.226 e. The minimum Gasteiger partial charge on any atom is -0.438 e. The molecule has 6 heteroatoms. The van der Waals surface area contributed by atoms with E-state index in [9.17, 15) is 8.78 Å². The SMILES string of the molecule is CNc1ncc(C)c(Oc2cc(F)cc(F)c2)n1. The molecule has 0 amide bonds. The number of nitrogens with zero attached hydrogens (tertiary/aromatic N) is 2. The van der Waals surface area contributed by atoms with Crippen molar-refractivity contribution in [3.05, 3.63) is 41.6 Å². The third-order valence-corrected chi connectivity index (χ3v) is 2.20. The zero-order valence-electron chi connectivity index (χ0n) is 9.87. The number of nitrogens with one attached hydrogen (secondary N) is 1. The largest absolute Gasteiger partial charge is 0.438 e. The molecule has 0 unspecified atom stereocenters. The fraction of sp³-hybridized carbons (Fsp3) is 0.167. The summed E-state index contributed by atoms with van der Waals surface area (Å²) in [6.07, 6.45) is 1.56. The molecular formula is C12H11F2N3O. The van der Waals surface area contributed by atoms with E-state index in [-0.39, 0.29) is 11.6 Å². The molecule has 1 N–H and O–H groups in total. The number of hydrogen-bond donors (Lipinski definition) is 1. The van der Waals surface area contributed by atoms with Gasteiger partial charge in [0.2, 0.25) is 11.8 Å². The van der Waals surface area contributed by atoms with Crippen molar-refractivity contribution in [1.82, 2.24) is 9.97 Å². The first-order valence-electron chi connectivity index (χ1n) is 5.24. The Kier molecular flexibility index (Phi) is 3.36. The van der Waals surface area contributed by atoms with Crippen molar-refractivity contribution in [2.24, 2.45) is 0 Å². The van der Waals surface area contributed by atoms with Crippen LogP contribution in [0.1, 0.15) is 5.56 Å². The van der Waals surface area contributed by atoms with Gasteiger partial charge in [-0.1, -0.05) is 0 Å². The minimum absolute atomic E-state index is 0.0522. The summed E-state index contributed by atoms with van der Waals surface area (Å²) in [5.74, 6) is -0.737. The van der Waals surface area contributed by atoms with Crippen LogP contribution in [0.25, 0.3) is 0 Å². The molecule has 2 aromatic rings. The second kappa shape index (κ2) is 4.95. The van der Waals surface area contributed by atoms with Crippen LogP contribution in [0.4, 0.5) is 14.7 Å². The van der Waals surface area contributed by atoms with Crippen LogP contribution < -0.4 is 10.1 Å². The van der Waals surface area contributed by atoms with Crippen molar-refractivity contribution in [2.45, 2.75) is 6.92 Å². The molecule has 0 bridgehead atoms. The first-order valence-corrected chi connectivity index (χ1v) is 5.24. The maximum Gasteiger partial charge on any atom is 0.226 e. The summed E-state index contributed by atoms with van der Waals surface area (Å²) in [6.45, 7) is 1.74. The van der Waals surface area contributed by atoms with Crippen LogP contribution in [0, 0.1) is 18.6 Å². The van der Waals surface area contributed by atoms with Crippen LogP contribution in [0.3, 0.4) is 0 Å². The molecule has 1 heterocycles. The summed E-state index contributed by atoms with van der Waals surface area (Å²) >= 11 is 0. The highest BCUT2D eigenvalue weighted by Gasteiger charge is 2.08. The van der Waals surface area contributed by atoms with Gasteiger partial charge in [-0.05, 0) is 6.92 Å². The Bertz CT molecular complexity index is 555. The first-order chi connectivity index (χ1) is 8.58. The van der Waals surface area contributed by atoms with Crippen molar-refractivity contribution >= 4 is 5.95 Å². The Morgan fingerprint density at radius 1 is 1.17 bits per heavy atom. The zero-order chi connectivity index (χ0) is 13.1. The van der Waals surface area contributed by atoms with Crippen molar-refractivity contribution in [2.75, 3.05) is 12.4 Å². The zero-order valence-corrected chi connectivity index (χ0v) is 9.87. The maximum atomic E-state index is 13.0. The molecule has 1 aromatic heterocycles. The number of hydrogen-bond acceptors (Lipinski definition) is 4. The molecule has 0 aliphatic heterocycles. The van der Waals surface area contributed by atoms with E-state index in [0.29, 0.717) is 11.5 Å². The van der Waals surface area contributed by atoms with E-state index in [2.05, 4.69) is 15.3 Å². The van der Waals surface area contributed by atoms with Crippen LogP contribution >= 0.6 is 0 Å². The summed E-state index contributed by atoms with van der Waals surface area (Å²) in [5.41, 5.74) is 0.665. The van der Waals surface area contributed by atoms with Crippen molar-refractivity contribution < 1.29 is 13.5 Å². The third-order valence-electron chi connectivity index (χ3n) is 2.20. The van der Waals surface area contributed by atoms with E-state index in [1.807, 2.05) is 0 Å². The molecule has 0 radical (unpaired) electrons. The van der Waals surface area contributed by atoms with Gasteiger partial charge in [0.05, 0.1) is 0 Å². The second-order valence-electron chi connectivity index (χ2n) is 3.64. The molecule has 2 rings (SSSR count). The van der Waals surface area contributed by atoms with Crippen LogP contribution in [0.2, 0.25) is 0 Å². The van der Waals surface area contributed by atoms with E-state index in [1.165, 1.54) is 0 Å². The number of rotatable bonds is 3. The van der Waals surface area contributed by atoms with E-state index in [4.69, 9.17) is 4.74 Å². The van der Waals surface area contributed by atoms with Gasteiger partial charge in [-0.15, -0.1) is 0 Å². The molecule has 4 nitrogen and oxygen atoms in total. The lowest BCUT2D eigenvalue weighted by molar-refractivity contribution is 0.447. The number of halogens is 2. The summed E-state index contributed by atoms with van der Waals surface area (Å²) in [5, 5.41) is 2.75. The number of aromatic nitrogens is 2. The molecule has 0 atom stereocenters. The number of ether oxygens (including phenoxy) is 1. The highest BCUT2D eigenvalue weighted by atomic mass is 19.1. The lowest BCUT2D eigenvalue weighted by atomic mass is 10.3. The fourth-order valence-electron chi connectivity index (χ4n) is 1.35. The number of benzene rings is 1. The summed E-state index contributed by atoms with van der Waals surface area (Å²) in [4.78, 5) is 8.04. The third kappa shape index (κ3) is 2.71. The predicted octanol–water partition coefficient (Wildman–Crippen LogP) is 2.90. The normalized spacial score (nSPS) is 10.2. The van der Waals surface area contributed by atoms with E-state index < -0.39 is 11.6 Å². The van der Waals surface area contributed by atoms with Gasteiger partial charge in [0.25, 0.3) is 0 Å². The van der Waals surface area contributed by atoms with Crippen molar-refractivity contribution in [3.63, 3.8) is 0 Å². The van der Waals surface area contributed by atoms with E-state index in [0.717, 1.165) is 18.2 Å². The van der Waals surface area contributed by atoms with Crippen LogP contribution in [0.5, 0.6) is 11.6 Å². The highest BCUT2D eigenvalue weighted by Crippen LogP contribution is 2.24. The molecule has 0 spiro atoms. The average Bonchev–Trinajstić information content (AvgIpc) is 2.30. The lowest BCUT2D eigenvalue weighted by Crippen LogP contribution is -2.00. The van der Waals surface area contributed by atoms with E-state index >= 15 is 0 Å². The number of aryl methyl sites for hydroxylation is 1. The molecule has 94 valence electrons. The Morgan fingerprint density at radius 2 is 1.83 bits per heavy atom. The molecule has 0 aliphatic rings. The highest BCUT2D eigenvalue weighted by molar-refractivity contribution is 5.35. The minimum atomic E-state index is -0.703. The Labute approximate surface area is 103 Å². The molecular weight excluding hydrogens is 240 g/mol. The van der Waals surface area contributed by atoms with Gasteiger partial charge >= 0.3 is 0 Å². The van der Waals surface area contributed by atoms with Gasteiger partial charge in [0, 0.05) is 37.0 Å². The standard InChI is InChI=1S/C12H11F2N3O/c1-7-6-16-12(15-2)17-11(7)18-10-4-8(13)3-9(14)5-10/h3-6H,1-2H3,(H,15,16,17). The van der Waals surface area contributed by atoms with Crippen molar-refractivity contribution in [3.8, 4) is 11.6 Å². The molecule has 0 aliphatic carbocycles. The van der Waals surface area contributed by atoms with Crippen LogP contribution in [-0.2, 0) is 0 Å². The van der Waals surface area contributed by atoms with E-state index in [1.54, 1.807) is 20.2 Å². The van der Waals surface area contributed by atoms with Crippen LogP contribution in [-0.4, -0.2) is 17.0 Å². The fourth-order valence-corrected chi connectivity index (χ4v) is 1.35. The van der Waals surface area contributed by atoms with Crippen molar-refractivity contribution in [1.29, 1.82) is 0 Å². The number of anilines is 1. The van der Waals surface area contributed by atoms with Gasteiger partial charge < -0.3 is 10.1 Å². The average molecular weight is 251 g/mol. The summed E-state index contributed by atoms with van der Waals surface area (Å²) < 4.78 is 31.4. The molecule has 18 heavy (non-hydrogen) atoms. The van der Waals surface area contributed by atoms with Crippen LogP contribution in [0.15, 0.2) is 24.4 Å². The molecule has 0 saturated carbocycles.